The van der Waals surface area contributed by atoms with Gasteiger partial charge in [0.05, 0.1) is 12.7 Å². The Morgan fingerprint density at radius 3 is 2.72 bits per heavy atom. The highest BCUT2D eigenvalue weighted by atomic mass is 79.9. The Kier molecular flexibility index (Phi) is 5.22. The van der Waals surface area contributed by atoms with Gasteiger partial charge in [-0.05, 0) is 31.7 Å². The fourth-order valence-corrected chi connectivity index (χ4v) is 2.69. The molecule has 2 rings (SSSR count). The topological polar surface area (TPSA) is 18.5 Å². The zero-order chi connectivity index (χ0) is 12.8. The van der Waals surface area contributed by atoms with Gasteiger partial charge in [-0.15, -0.1) is 0 Å². The molecule has 1 aromatic carbocycles. The molecule has 1 aromatic rings. The molecule has 1 saturated heterocycles. The molecule has 2 nitrogen and oxygen atoms in total. The summed E-state index contributed by atoms with van der Waals surface area (Å²) >= 11 is 3.57. The van der Waals surface area contributed by atoms with Gasteiger partial charge in [-0.25, -0.2) is 0 Å². The summed E-state index contributed by atoms with van der Waals surface area (Å²) in [5.74, 6) is 0. The average Bonchev–Trinajstić information content (AvgIpc) is 2.47. The number of rotatable bonds is 5. The van der Waals surface area contributed by atoms with Crippen LogP contribution < -0.4 is 0 Å². The number of alkyl halides is 1. The molecule has 1 heterocycles. The standard InChI is InChI=1S/C15H21BrO2/c1-15(12-16,13-7-3-2-4-8-13)18-11-14-9-5-6-10-17-14/h2-4,7-8,14H,5-6,9-12H2,1H3. The maximum absolute atomic E-state index is 6.13. The molecule has 1 fully saturated rings. The maximum atomic E-state index is 6.13. The molecule has 0 spiro atoms. The third-order valence-corrected chi connectivity index (χ3v) is 4.57. The van der Waals surface area contributed by atoms with Crippen LogP contribution in [0.5, 0.6) is 0 Å². The monoisotopic (exact) mass is 312 g/mol. The average molecular weight is 313 g/mol. The van der Waals surface area contributed by atoms with E-state index in [2.05, 4.69) is 47.1 Å². The van der Waals surface area contributed by atoms with Crippen molar-refractivity contribution in [3.8, 4) is 0 Å². The van der Waals surface area contributed by atoms with E-state index in [1.165, 1.54) is 18.4 Å². The van der Waals surface area contributed by atoms with Crippen molar-refractivity contribution in [2.24, 2.45) is 0 Å². The highest BCUT2D eigenvalue weighted by Crippen LogP contribution is 2.28. The Morgan fingerprint density at radius 2 is 2.11 bits per heavy atom. The Bertz CT molecular complexity index is 349. The van der Waals surface area contributed by atoms with Gasteiger partial charge in [0.15, 0.2) is 0 Å². The van der Waals surface area contributed by atoms with Crippen LogP contribution >= 0.6 is 15.9 Å². The van der Waals surface area contributed by atoms with E-state index in [1.807, 2.05) is 6.07 Å². The molecule has 1 aliphatic rings. The lowest BCUT2D eigenvalue weighted by atomic mass is 9.98. The second-order valence-corrected chi connectivity index (χ2v) is 5.59. The van der Waals surface area contributed by atoms with Gasteiger partial charge in [-0.2, -0.15) is 0 Å². The number of hydrogen-bond donors (Lipinski definition) is 0. The second-order valence-electron chi connectivity index (χ2n) is 5.03. The number of halogens is 1. The van der Waals surface area contributed by atoms with Gasteiger partial charge >= 0.3 is 0 Å². The summed E-state index contributed by atoms with van der Waals surface area (Å²) in [7, 11) is 0. The lowest BCUT2D eigenvalue weighted by molar-refractivity contribution is -0.0937. The molecule has 0 amide bonds. The zero-order valence-corrected chi connectivity index (χ0v) is 12.5. The molecule has 2 unspecified atom stereocenters. The molecule has 0 aromatic heterocycles. The number of hydrogen-bond acceptors (Lipinski definition) is 2. The van der Waals surface area contributed by atoms with Crippen molar-refractivity contribution in [1.82, 2.24) is 0 Å². The van der Waals surface area contributed by atoms with Crippen LogP contribution in [-0.2, 0) is 15.1 Å². The summed E-state index contributed by atoms with van der Waals surface area (Å²) in [4.78, 5) is 0. The van der Waals surface area contributed by atoms with E-state index >= 15 is 0 Å². The molecule has 3 heteroatoms. The van der Waals surface area contributed by atoms with Crippen molar-refractivity contribution in [3.63, 3.8) is 0 Å². The maximum Gasteiger partial charge on any atom is 0.100 e. The largest absolute Gasteiger partial charge is 0.376 e. The van der Waals surface area contributed by atoms with E-state index in [0.29, 0.717) is 6.61 Å². The van der Waals surface area contributed by atoms with E-state index in [9.17, 15) is 0 Å². The smallest absolute Gasteiger partial charge is 0.100 e. The van der Waals surface area contributed by atoms with Gasteiger partial charge in [0.1, 0.15) is 5.60 Å². The molecule has 18 heavy (non-hydrogen) atoms. The summed E-state index contributed by atoms with van der Waals surface area (Å²) in [6, 6.07) is 10.4. The van der Waals surface area contributed by atoms with E-state index in [0.717, 1.165) is 18.4 Å². The molecule has 1 aliphatic heterocycles. The van der Waals surface area contributed by atoms with Crippen LogP contribution in [0.2, 0.25) is 0 Å². The van der Waals surface area contributed by atoms with Gasteiger partial charge < -0.3 is 9.47 Å². The van der Waals surface area contributed by atoms with Gasteiger partial charge in [0.25, 0.3) is 0 Å². The lowest BCUT2D eigenvalue weighted by Crippen LogP contribution is -2.33. The highest BCUT2D eigenvalue weighted by molar-refractivity contribution is 9.09. The van der Waals surface area contributed by atoms with Gasteiger partial charge in [0.2, 0.25) is 0 Å². The number of ether oxygens (including phenoxy) is 2. The summed E-state index contributed by atoms with van der Waals surface area (Å²) < 4.78 is 11.8. The second kappa shape index (κ2) is 6.69. The first-order valence-corrected chi connectivity index (χ1v) is 7.74. The zero-order valence-electron chi connectivity index (χ0n) is 10.9. The van der Waals surface area contributed by atoms with Crippen LogP contribution in [0.3, 0.4) is 0 Å². The van der Waals surface area contributed by atoms with Crippen LogP contribution in [0.4, 0.5) is 0 Å². The molecule has 0 saturated carbocycles. The van der Waals surface area contributed by atoms with Crippen LogP contribution in [0.1, 0.15) is 31.7 Å². The van der Waals surface area contributed by atoms with Crippen molar-refractivity contribution in [1.29, 1.82) is 0 Å². The Balaban J connectivity index is 1.95. The van der Waals surface area contributed by atoms with E-state index in [-0.39, 0.29) is 11.7 Å². The minimum atomic E-state index is -0.276. The molecule has 0 bridgehead atoms. The summed E-state index contributed by atoms with van der Waals surface area (Å²) in [5, 5.41) is 0.788. The molecule has 0 radical (unpaired) electrons. The predicted molar refractivity (Wildman–Crippen MR) is 77.1 cm³/mol. The minimum absolute atomic E-state index is 0.265. The van der Waals surface area contributed by atoms with Crippen molar-refractivity contribution in [2.75, 3.05) is 18.5 Å². The molecule has 0 aliphatic carbocycles. The molecular weight excluding hydrogens is 292 g/mol. The minimum Gasteiger partial charge on any atom is -0.376 e. The van der Waals surface area contributed by atoms with E-state index < -0.39 is 0 Å². The molecule has 100 valence electrons. The summed E-state index contributed by atoms with van der Waals surface area (Å²) in [5.41, 5.74) is 0.930. The van der Waals surface area contributed by atoms with Crippen molar-refractivity contribution >= 4 is 15.9 Å². The normalized spacial score (nSPS) is 23.6. The Hall–Kier alpha value is -0.380. The van der Waals surface area contributed by atoms with Gasteiger partial charge in [-0.1, -0.05) is 46.3 Å². The van der Waals surface area contributed by atoms with Crippen molar-refractivity contribution in [3.05, 3.63) is 35.9 Å². The third-order valence-electron chi connectivity index (χ3n) is 3.50. The van der Waals surface area contributed by atoms with Crippen LogP contribution in [-0.4, -0.2) is 24.6 Å². The van der Waals surface area contributed by atoms with Crippen molar-refractivity contribution < 1.29 is 9.47 Å². The van der Waals surface area contributed by atoms with Crippen LogP contribution in [0, 0.1) is 0 Å². The summed E-state index contributed by atoms with van der Waals surface area (Å²) in [6.45, 7) is 3.68. The van der Waals surface area contributed by atoms with E-state index in [4.69, 9.17) is 9.47 Å². The lowest BCUT2D eigenvalue weighted by Gasteiger charge is -2.31. The first-order chi connectivity index (χ1) is 8.74. The fraction of sp³-hybridized carbons (Fsp3) is 0.600. The Labute approximate surface area is 118 Å². The highest BCUT2D eigenvalue weighted by Gasteiger charge is 2.28. The van der Waals surface area contributed by atoms with E-state index in [1.54, 1.807) is 0 Å². The SMILES string of the molecule is CC(CBr)(OCC1CCCCO1)c1ccccc1. The van der Waals surface area contributed by atoms with Crippen molar-refractivity contribution in [2.45, 2.75) is 37.9 Å². The quantitative estimate of drug-likeness (QED) is 0.768. The van der Waals surface area contributed by atoms with Gasteiger partial charge in [0, 0.05) is 11.9 Å². The summed E-state index contributed by atoms with van der Waals surface area (Å²) in [6.07, 6.45) is 3.82. The van der Waals surface area contributed by atoms with Crippen LogP contribution in [0.25, 0.3) is 0 Å². The first kappa shape index (κ1) is 14.0. The number of benzene rings is 1. The van der Waals surface area contributed by atoms with Gasteiger partial charge in [-0.3, -0.25) is 0 Å². The molecule has 2 atom stereocenters. The third kappa shape index (κ3) is 3.56. The molecular formula is C15H21BrO2. The fourth-order valence-electron chi connectivity index (χ4n) is 2.21. The Morgan fingerprint density at radius 1 is 1.33 bits per heavy atom. The van der Waals surface area contributed by atoms with Crippen LogP contribution in [0.15, 0.2) is 30.3 Å². The first-order valence-electron chi connectivity index (χ1n) is 6.62. The predicted octanol–water partition coefficient (Wildman–Crippen LogP) is 3.88. The molecule has 0 N–H and O–H groups in total.